The molecule has 2 heterocycles. The number of benzene rings is 1. The summed E-state index contributed by atoms with van der Waals surface area (Å²) in [6.45, 7) is 2.02. The smallest absolute Gasteiger partial charge is 0.225 e. The van der Waals surface area contributed by atoms with Crippen LogP contribution in [0.5, 0.6) is 0 Å². The number of aromatic nitrogens is 1. The van der Waals surface area contributed by atoms with Gasteiger partial charge in [0.25, 0.3) is 0 Å². The van der Waals surface area contributed by atoms with Crippen LogP contribution in [0.4, 0.5) is 0 Å². The zero-order valence-electron chi connectivity index (χ0n) is 14.4. The van der Waals surface area contributed by atoms with Crippen LogP contribution < -0.4 is 0 Å². The molecule has 0 fully saturated rings. The van der Waals surface area contributed by atoms with Gasteiger partial charge in [-0.15, -0.1) is 0 Å². The molecule has 0 radical (unpaired) electrons. The van der Waals surface area contributed by atoms with Gasteiger partial charge in [0, 0.05) is 39.1 Å². The number of nitrogens with zero attached hydrogens (tertiary/aromatic N) is 3. The summed E-state index contributed by atoms with van der Waals surface area (Å²) in [6.07, 6.45) is 7.39. The van der Waals surface area contributed by atoms with Gasteiger partial charge < -0.3 is 9.80 Å². The number of amides is 2. The molecule has 0 bridgehead atoms. The molecule has 3 rings (SSSR count). The van der Waals surface area contributed by atoms with Crippen molar-refractivity contribution in [3.63, 3.8) is 0 Å². The highest BCUT2D eigenvalue weighted by molar-refractivity contribution is 5.81. The van der Waals surface area contributed by atoms with Crippen molar-refractivity contribution in [3.05, 3.63) is 71.7 Å². The normalized spacial score (nSPS) is 15.6. The van der Waals surface area contributed by atoms with Gasteiger partial charge in [0.15, 0.2) is 0 Å². The first kappa shape index (κ1) is 16.9. The van der Waals surface area contributed by atoms with Gasteiger partial charge in [0.05, 0.1) is 12.5 Å². The molecule has 2 amide bonds. The van der Waals surface area contributed by atoms with Crippen LogP contribution in [0.1, 0.15) is 36.1 Å². The highest BCUT2D eigenvalue weighted by Gasteiger charge is 2.29. The van der Waals surface area contributed by atoms with Gasteiger partial charge in [-0.25, -0.2) is 0 Å². The summed E-state index contributed by atoms with van der Waals surface area (Å²) in [5.74, 6) is -0.0799. The molecular formula is C20H21N3O2. The minimum absolute atomic E-state index is 0.00907. The lowest BCUT2D eigenvalue weighted by atomic mass is 9.93. The number of carbonyl (C=O) groups is 2. The third kappa shape index (κ3) is 3.76. The highest BCUT2D eigenvalue weighted by Crippen LogP contribution is 2.33. The number of fused-ring (bicyclic) bond motifs is 1. The molecule has 0 saturated carbocycles. The van der Waals surface area contributed by atoms with Crippen LogP contribution in [0.3, 0.4) is 0 Å². The fourth-order valence-corrected chi connectivity index (χ4v) is 3.09. The molecule has 128 valence electrons. The topological polar surface area (TPSA) is 53.5 Å². The van der Waals surface area contributed by atoms with Gasteiger partial charge in [0.1, 0.15) is 0 Å². The molecule has 5 heteroatoms. The Morgan fingerprint density at radius 2 is 2.00 bits per heavy atom. The lowest BCUT2D eigenvalue weighted by Gasteiger charge is -2.33. The van der Waals surface area contributed by atoms with Crippen molar-refractivity contribution in [1.82, 2.24) is 14.8 Å². The molecule has 0 aliphatic carbocycles. The van der Waals surface area contributed by atoms with Crippen LogP contribution in [0.25, 0.3) is 6.08 Å². The summed E-state index contributed by atoms with van der Waals surface area (Å²) < 4.78 is 0. The van der Waals surface area contributed by atoms with Gasteiger partial charge in [-0.05, 0) is 28.8 Å². The van der Waals surface area contributed by atoms with Crippen molar-refractivity contribution in [1.29, 1.82) is 0 Å². The highest BCUT2D eigenvalue weighted by atomic mass is 16.2. The maximum absolute atomic E-state index is 12.7. The Balaban J connectivity index is 1.78. The predicted molar refractivity (Wildman–Crippen MR) is 96.1 cm³/mol. The van der Waals surface area contributed by atoms with Crippen molar-refractivity contribution in [2.24, 2.45) is 0 Å². The van der Waals surface area contributed by atoms with Crippen molar-refractivity contribution < 1.29 is 9.59 Å². The molecule has 1 aliphatic heterocycles. The van der Waals surface area contributed by atoms with E-state index in [1.54, 1.807) is 35.4 Å². The van der Waals surface area contributed by atoms with Crippen LogP contribution in [-0.2, 0) is 16.1 Å². The summed E-state index contributed by atoms with van der Waals surface area (Å²) in [6, 6.07) is 11.4. The number of hydrogen-bond donors (Lipinski definition) is 0. The first-order valence-corrected chi connectivity index (χ1v) is 8.25. The molecular weight excluding hydrogens is 314 g/mol. The Morgan fingerprint density at radius 1 is 1.20 bits per heavy atom. The van der Waals surface area contributed by atoms with Gasteiger partial charge in [-0.3, -0.25) is 14.6 Å². The fourth-order valence-electron chi connectivity index (χ4n) is 3.09. The average molecular weight is 335 g/mol. The minimum Gasteiger partial charge on any atom is -0.341 e. The Labute approximate surface area is 147 Å². The van der Waals surface area contributed by atoms with E-state index in [1.165, 1.54) is 6.92 Å². The van der Waals surface area contributed by atoms with E-state index in [4.69, 9.17) is 0 Å². The van der Waals surface area contributed by atoms with Crippen LogP contribution in [0.2, 0.25) is 0 Å². The summed E-state index contributed by atoms with van der Waals surface area (Å²) in [4.78, 5) is 32.1. The zero-order chi connectivity index (χ0) is 17.8. The van der Waals surface area contributed by atoms with E-state index < -0.39 is 0 Å². The summed E-state index contributed by atoms with van der Waals surface area (Å²) in [5.41, 5.74) is 3.03. The fraction of sp³-hybridized carbons (Fsp3) is 0.250. The van der Waals surface area contributed by atoms with Gasteiger partial charge in [-0.2, -0.15) is 0 Å². The second-order valence-corrected chi connectivity index (χ2v) is 6.20. The van der Waals surface area contributed by atoms with E-state index in [0.717, 1.165) is 16.7 Å². The average Bonchev–Trinajstić information content (AvgIpc) is 2.62. The van der Waals surface area contributed by atoms with E-state index in [2.05, 4.69) is 4.98 Å². The molecule has 1 aromatic heterocycles. The molecule has 1 atom stereocenters. The molecule has 0 saturated heterocycles. The number of carbonyl (C=O) groups excluding carboxylic acids is 2. The quantitative estimate of drug-likeness (QED) is 0.863. The van der Waals surface area contributed by atoms with Crippen LogP contribution >= 0.6 is 0 Å². The van der Waals surface area contributed by atoms with E-state index >= 15 is 0 Å². The second kappa shape index (κ2) is 7.30. The second-order valence-electron chi connectivity index (χ2n) is 6.20. The van der Waals surface area contributed by atoms with Gasteiger partial charge in [0.2, 0.25) is 11.8 Å². The molecule has 1 unspecified atom stereocenters. The third-order valence-electron chi connectivity index (χ3n) is 4.41. The van der Waals surface area contributed by atoms with E-state index in [9.17, 15) is 9.59 Å². The standard InChI is InChI=1S/C20H21N3O2/c1-15(24)23-11-9-17-7-3-4-8-18(17)19(23)12-20(25)22(2)14-16-6-5-10-21-13-16/h3-11,13,19H,12,14H2,1-2H3. The molecule has 1 aliphatic rings. The first-order chi connectivity index (χ1) is 12.1. The number of rotatable bonds is 4. The maximum atomic E-state index is 12.7. The molecule has 1 aromatic carbocycles. The minimum atomic E-state index is -0.275. The SMILES string of the molecule is CC(=O)N1C=Cc2ccccc2C1CC(=O)N(C)Cc1cccnc1. The van der Waals surface area contributed by atoms with Crippen molar-refractivity contribution in [2.75, 3.05) is 7.05 Å². The van der Waals surface area contributed by atoms with Crippen molar-refractivity contribution >= 4 is 17.9 Å². The van der Waals surface area contributed by atoms with Crippen molar-refractivity contribution in [2.45, 2.75) is 25.9 Å². The van der Waals surface area contributed by atoms with E-state index in [-0.39, 0.29) is 24.3 Å². The molecule has 5 nitrogen and oxygen atoms in total. The predicted octanol–water partition coefficient (Wildman–Crippen LogP) is 3.00. The first-order valence-electron chi connectivity index (χ1n) is 8.25. The lowest BCUT2D eigenvalue weighted by molar-refractivity contribution is -0.134. The molecule has 2 aromatic rings. The summed E-state index contributed by atoms with van der Waals surface area (Å²) >= 11 is 0. The molecule has 0 N–H and O–H groups in total. The summed E-state index contributed by atoms with van der Waals surface area (Å²) in [7, 11) is 1.78. The molecule has 0 spiro atoms. The van der Waals surface area contributed by atoms with Gasteiger partial charge in [-0.1, -0.05) is 30.3 Å². The molecule has 25 heavy (non-hydrogen) atoms. The van der Waals surface area contributed by atoms with E-state index in [0.29, 0.717) is 6.54 Å². The lowest BCUT2D eigenvalue weighted by Crippen LogP contribution is -2.35. The van der Waals surface area contributed by atoms with Crippen LogP contribution in [0, 0.1) is 0 Å². The van der Waals surface area contributed by atoms with Crippen LogP contribution in [0.15, 0.2) is 55.0 Å². The van der Waals surface area contributed by atoms with E-state index in [1.807, 2.05) is 42.5 Å². The third-order valence-corrected chi connectivity index (χ3v) is 4.41. The Hall–Kier alpha value is -2.95. The Kier molecular flexibility index (Phi) is 4.93. The maximum Gasteiger partial charge on any atom is 0.225 e. The summed E-state index contributed by atoms with van der Waals surface area (Å²) in [5, 5.41) is 0. The monoisotopic (exact) mass is 335 g/mol. The number of hydrogen-bond acceptors (Lipinski definition) is 3. The van der Waals surface area contributed by atoms with Gasteiger partial charge >= 0.3 is 0 Å². The number of pyridine rings is 1. The zero-order valence-corrected chi connectivity index (χ0v) is 14.4. The van der Waals surface area contributed by atoms with Crippen molar-refractivity contribution in [3.8, 4) is 0 Å². The Morgan fingerprint density at radius 3 is 2.72 bits per heavy atom. The van der Waals surface area contributed by atoms with Crippen LogP contribution in [-0.4, -0.2) is 33.6 Å². The Bertz CT molecular complexity index is 802. The largest absolute Gasteiger partial charge is 0.341 e.